The summed E-state index contributed by atoms with van der Waals surface area (Å²) in [6.07, 6.45) is 0. The highest BCUT2D eigenvalue weighted by atomic mass is 16.3. The van der Waals surface area contributed by atoms with Crippen LogP contribution >= 0.6 is 0 Å². The van der Waals surface area contributed by atoms with E-state index in [1.807, 2.05) is 18.2 Å². The molecule has 3 heterocycles. The normalized spacial score (nSPS) is 11.6. The lowest BCUT2D eigenvalue weighted by molar-refractivity contribution is 0.668. The molecule has 3 aromatic heterocycles. The van der Waals surface area contributed by atoms with Gasteiger partial charge in [-0.25, -0.2) is 0 Å². The highest BCUT2D eigenvalue weighted by molar-refractivity contribution is 6.28. The summed E-state index contributed by atoms with van der Waals surface area (Å²) in [5.74, 6) is 0. The molecule has 0 radical (unpaired) electrons. The Balaban J connectivity index is 0.000000108. The quantitative estimate of drug-likeness (QED) is 0.108. The first-order chi connectivity index (χ1) is 71.9. The van der Waals surface area contributed by atoms with Crippen LogP contribution in [0.15, 0.2) is 559 Å². The van der Waals surface area contributed by atoms with Crippen LogP contribution in [0, 0.1) is 0 Å². The van der Waals surface area contributed by atoms with E-state index in [1.54, 1.807) is 0 Å². The van der Waals surface area contributed by atoms with Gasteiger partial charge in [-0.15, -0.1) is 0 Å². The van der Waals surface area contributed by atoms with Crippen molar-refractivity contribution in [3.63, 3.8) is 0 Å². The number of hydrogen-bond donors (Lipinski definition) is 0. The first kappa shape index (κ1) is 85.2. The number of para-hydroxylation sites is 3. The van der Waals surface area contributed by atoms with E-state index < -0.39 is 0 Å². The SMILES string of the molecule is c1ccc(-c2c3ccccc3c(-c3cccc4ccccc34)c3ccc(-c4cccc5oc6ccccc6c45)cc23)cc1.c1ccc(-c2ccc(-c3c4ccccc4c(-c4ccc(-c5ccccc5)cc4)c4cc(-c5cccc6oc7ccccc7c56)ccc34)cc2)cc1.c1ccc(-c2ccc(-c3c4ccccc4c(-c4cccc(-c5ccccc5)c4)c4ccc(-c5cccc6oc7ccccc7c56)cc34)cc2)cc1. The second-order valence-electron chi connectivity index (χ2n) is 37.7. The molecule has 0 aliphatic rings. The Morgan fingerprint density at radius 3 is 0.669 bits per heavy atom. The molecule has 0 saturated carbocycles. The molecule has 0 aliphatic carbocycles. The summed E-state index contributed by atoms with van der Waals surface area (Å²) in [7, 11) is 0. The van der Waals surface area contributed by atoms with Crippen molar-refractivity contribution in [3.8, 4) is 145 Å². The van der Waals surface area contributed by atoms with Crippen LogP contribution in [0.3, 0.4) is 0 Å². The molecular formula is C142H90O3. The average Bonchev–Trinajstić information content (AvgIpc) is 1.28. The van der Waals surface area contributed by atoms with E-state index >= 15 is 0 Å². The summed E-state index contributed by atoms with van der Waals surface area (Å²) in [4.78, 5) is 0. The van der Waals surface area contributed by atoms with Gasteiger partial charge in [0.2, 0.25) is 0 Å². The molecule has 26 aromatic carbocycles. The van der Waals surface area contributed by atoms with Crippen LogP contribution in [0.25, 0.3) is 286 Å². The number of rotatable bonds is 13. The molecule has 3 heteroatoms. The van der Waals surface area contributed by atoms with Gasteiger partial charge in [0.05, 0.1) is 0 Å². The highest BCUT2D eigenvalue weighted by Crippen LogP contribution is 2.53. The van der Waals surface area contributed by atoms with Crippen LogP contribution in [-0.2, 0) is 0 Å². The van der Waals surface area contributed by atoms with E-state index in [9.17, 15) is 0 Å². The maximum Gasteiger partial charge on any atom is 0.136 e. The molecule has 0 N–H and O–H groups in total. The Morgan fingerprint density at radius 2 is 0.303 bits per heavy atom. The van der Waals surface area contributed by atoms with Gasteiger partial charge in [0.15, 0.2) is 0 Å². The van der Waals surface area contributed by atoms with Gasteiger partial charge in [-0.1, -0.05) is 485 Å². The summed E-state index contributed by atoms with van der Waals surface area (Å²) >= 11 is 0. The monoisotopic (exact) mass is 1840 g/mol. The van der Waals surface area contributed by atoms with E-state index in [1.165, 1.54) is 220 Å². The maximum absolute atomic E-state index is 6.33. The fraction of sp³-hybridized carbons (Fsp3) is 0. The van der Waals surface area contributed by atoms with Crippen molar-refractivity contribution in [1.82, 2.24) is 0 Å². The Hall–Kier alpha value is -19.1. The Kier molecular flexibility index (Phi) is 21.3. The zero-order valence-electron chi connectivity index (χ0n) is 79.2. The van der Waals surface area contributed by atoms with E-state index in [0.29, 0.717) is 0 Å². The maximum atomic E-state index is 6.33. The number of furan rings is 3. The zero-order valence-corrected chi connectivity index (χ0v) is 79.2. The molecule has 0 unspecified atom stereocenters. The second kappa shape index (κ2) is 36.3. The lowest BCUT2D eigenvalue weighted by Gasteiger charge is -2.19. The van der Waals surface area contributed by atoms with E-state index in [4.69, 9.17) is 13.3 Å². The molecular weight excluding hydrogens is 1750 g/mol. The Morgan fingerprint density at radius 1 is 0.0966 bits per heavy atom. The highest BCUT2D eigenvalue weighted by Gasteiger charge is 2.26. The van der Waals surface area contributed by atoms with E-state index in [-0.39, 0.29) is 0 Å². The molecule has 145 heavy (non-hydrogen) atoms. The van der Waals surface area contributed by atoms with Crippen molar-refractivity contribution < 1.29 is 13.3 Å². The van der Waals surface area contributed by atoms with Gasteiger partial charge in [-0.2, -0.15) is 0 Å². The van der Waals surface area contributed by atoms with Crippen LogP contribution in [0.4, 0.5) is 0 Å². The fourth-order valence-corrected chi connectivity index (χ4v) is 22.8. The lowest BCUT2D eigenvalue weighted by Crippen LogP contribution is -1.92. The molecule has 0 spiro atoms. The minimum atomic E-state index is 0.905. The molecule has 0 fully saturated rings. The molecule has 676 valence electrons. The summed E-state index contributed by atoms with van der Waals surface area (Å²) in [6, 6.07) is 197. The van der Waals surface area contributed by atoms with Crippen molar-refractivity contribution >= 4 is 141 Å². The molecule has 0 atom stereocenters. The Labute approximate surface area is 839 Å². The van der Waals surface area contributed by atoms with Crippen LogP contribution in [0.2, 0.25) is 0 Å². The van der Waals surface area contributed by atoms with Crippen molar-refractivity contribution in [2.24, 2.45) is 0 Å². The van der Waals surface area contributed by atoms with Crippen LogP contribution in [0.1, 0.15) is 0 Å². The van der Waals surface area contributed by atoms with E-state index in [0.717, 1.165) is 65.8 Å². The number of benzene rings is 26. The molecule has 29 rings (SSSR count). The predicted molar refractivity (Wildman–Crippen MR) is 614 cm³/mol. The van der Waals surface area contributed by atoms with Crippen LogP contribution < -0.4 is 0 Å². The second-order valence-corrected chi connectivity index (χ2v) is 37.7. The van der Waals surface area contributed by atoms with Crippen LogP contribution in [-0.4, -0.2) is 0 Å². The first-order valence-electron chi connectivity index (χ1n) is 49.8. The lowest BCUT2D eigenvalue weighted by atomic mass is 9.83. The molecule has 0 saturated heterocycles. The summed E-state index contributed by atoms with van der Waals surface area (Å²) in [6.45, 7) is 0. The summed E-state index contributed by atoms with van der Waals surface area (Å²) < 4.78 is 18.9. The van der Waals surface area contributed by atoms with Crippen molar-refractivity contribution in [3.05, 3.63) is 546 Å². The third kappa shape index (κ3) is 15.2. The largest absolute Gasteiger partial charge is 0.456 e. The summed E-state index contributed by atoms with van der Waals surface area (Å²) in [5, 5.41) is 24.3. The van der Waals surface area contributed by atoms with E-state index in [2.05, 4.69) is 528 Å². The van der Waals surface area contributed by atoms with Crippen molar-refractivity contribution in [1.29, 1.82) is 0 Å². The smallest absolute Gasteiger partial charge is 0.136 e. The summed E-state index contributed by atoms with van der Waals surface area (Å²) in [5.41, 5.74) is 37.0. The average molecular weight is 1840 g/mol. The van der Waals surface area contributed by atoms with Gasteiger partial charge in [-0.05, 0) is 281 Å². The van der Waals surface area contributed by atoms with Crippen molar-refractivity contribution in [2.45, 2.75) is 0 Å². The number of fused-ring (bicyclic) bond motifs is 16. The third-order valence-electron chi connectivity index (χ3n) is 29.4. The Bertz CT molecular complexity index is 10100. The molecule has 0 aliphatic heterocycles. The zero-order chi connectivity index (χ0) is 95.8. The molecule has 29 aromatic rings. The minimum Gasteiger partial charge on any atom is -0.456 e. The molecule has 0 amide bonds. The van der Waals surface area contributed by atoms with Gasteiger partial charge in [0, 0.05) is 32.3 Å². The van der Waals surface area contributed by atoms with Crippen molar-refractivity contribution in [2.75, 3.05) is 0 Å². The van der Waals surface area contributed by atoms with Crippen LogP contribution in [0.5, 0.6) is 0 Å². The molecule has 0 bridgehead atoms. The third-order valence-corrected chi connectivity index (χ3v) is 29.4. The predicted octanol–water partition coefficient (Wildman–Crippen LogP) is 40.5. The first-order valence-corrected chi connectivity index (χ1v) is 49.8. The van der Waals surface area contributed by atoms with Gasteiger partial charge >= 0.3 is 0 Å². The topological polar surface area (TPSA) is 39.4 Å². The van der Waals surface area contributed by atoms with Gasteiger partial charge in [0.25, 0.3) is 0 Å². The standard InChI is InChI=1S/2C50H32O.C42H26O/c1-3-13-33(14-4-1)35-25-27-36(28-26-35)48-41-19-7-8-20-42(41)49(39-18-11-17-37(31-39)34-15-5-2-6-16-34)43-30-29-38(32-45(43)48)40-22-12-24-47-50(40)44-21-9-10-23-46(44)51-47;1-3-12-33(13-4-1)35-22-26-37(27-23-35)48-41-16-7-8-17-42(41)49(38-28-24-36(25-29-38)34-14-5-2-6-15-34)45-32-39(30-31-43(45)48)40-19-11-21-47-50(40)44-18-9-10-20-46(44)51-47;1-2-13-28(14-3-1)40-33-17-6-7-18-34(33)41(32-21-10-15-27-12-4-5-16-30(27)32)35-25-24-29(26-37(35)40)31-20-11-23-39-42(31)36-19-8-9-22-38(36)43-39/h2*1-32H;1-26H. The number of hydrogen-bond acceptors (Lipinski definition) is 3. The van der Waals surface area contributed by atoms with Gasteiger partial charge in [0.1, 0.15) is 33.5 Å². The molecule has 3 nitrogen and oxygen atoms in total. The fourth-order valence-electron chi connectivity index (χ4n) is 22.8. The minimum absolute atomic E-state index is 0.905. The van der Waals surface area contributed by atoms with Gasteiger partial charge < -0.3 is 13.3 Å². The van der Waals surface area contributed by atoms with Gasteiger partial charge in [-0.3, -0.25) is 0 Å².